The second-order valence-corrected chi connectivity index (χ2v) is 6.13. The Bertz CT molecular complexity index is 445. The van der Waals surface area contributed by atoms with Gasteiger partial charge < -0.3 is 4.90 Å². The third-order valence-electron chi connectivity index (χ3n) is 2.94. The standard InChI is InChI=1S/C12H15Br2N3O/c1-16-4-6-17(7-5-16)15-12(18)10-8-9(13)2-3-11(10)14/h2-3,8H,4-7H2,1H3,(H,15,18). The second-order valence-electron chi connectivity index (χ2n) is 4.36. The molecule has 4 nitrogen and oxygen atoms in total. The van der Waals surface area contributed by atoms with Crippen molar-refractivity contribution in [2.24, 2.45) is 0 Å². The number of nitrogens with zero attached hydrogens (tertiary/aromatic N) is 2. The lowest BCUT2D eigenvalue weighted by atomic mass is 10.2. The van der Waals surface area contributed by atoms with Gasteiger partial charge in [0.25, 0.3) is 5.91 Å². The van der Waals surface area contributed by atoms with Crippen LogP contribution in [0.25, 0.3) is 0 Å². The van der Waals surface area contributed by atoms with Gasteiger partial charge in [-0.05, 0) is 41.2 Å². The van der Waals surface area contributed by atoms with Crippen molar-refractivity contribution in [2.75, 3.05) is 33.2 Å². The third kappa shape index (κ3) is 3.54. The zero-order chi connectivity index (χ0) is 13.1. The van der Waals surface area contributed by atoms with E-state index < -0.39 is 0 Å². The van der Waals surface area contributed by atoms with Crippen LogP contribution in [-0.2, 0) is 0 Å². The van der Waals surface area contributed by atoms with E-state index in [9.17, 15) is 4.79 Å². The fourth-order valence-electron chi connectivity index (χ4n) is 1.79. The Kier molecular flexibility index (Phi) is 4.77. The predicted octanol–water partition coefficient (Wildman–Crippen LogP) is 2.10. The van der Waals surface area contributed by atoms with E-state index in [-0.39, 0.29) is 5.91 Å². The summed E-state index contributed by atoms with van der Waals surface area (Å²) >= 11 is 6.77. The van der Waals surface area contributed by atoms with Crippen LogP contribution in [0.5, 0.6) is 0 Å². The summed E-state index contributed by atoms with van der Waals surface area (Å²) in [5.41, 5.74) is 3.58. The number of hydrogen-bond donors (Lipinski definition) is 1. The average Bonchev–Trinajstić information content (AvgIpc) is 2.35. The summed E-state index contributed by atoms with van der Waals surface area (Å²) in [5.74, 6) is -0.0762. The highest BCUT2D eigenvalue weighted by Gasteiger charge is 2.17. The first-order valence-electron chi connectivity index (χ1n) is 5.76. The van der Waals surface area contributed by atoms with E-state index >= 15 is 0 Å². The smallest absolute Gasteiger partial charge is 0.266 e. The Morgan fingerprint density at radius 2 is 1.89 bits per heavy atom. The molecule has 1 aromatic rings. The molecule has 1 saturated heterocycles. The van der Waals surface area contributed by atoms with Gasteiger partial charge in [-0.3, -0.25) is 10.2 Å². The van der Waals surface area contributed by atoms with Gasteiger partial charge in [-0.15, -0.1) is 0 Å². The van der Waals surface area contributed by atoms with Gasteiger partial charge >= 0.3 is 0 Å². The number of halogens is 2. The van der Waals surface area contributed by atoms with Crippen LogP contribution in [0.2, 0.25) is 0 Å². The van der Waals surface area contributed by atoms with Crippen LogP contribution in [0.1, 0.15) is 10.4 Å². The predicted molar refractivity (Wildman–Crippen MR) is 78.4 cm³/mol. The van der Waals surface area contributed by atoms with E-state index in [1.807, 2.05) is 23.2 Å². The number of carbonyl (C=O) groups is 1. The van der Waals surface area contributed by atoms with Gasteiger partial charge in [0.15, 0.2) is 0 Å². The molecule has 1 amide bonds. The van der Waals surface area contributed by atoms with Crippen molar-refractivity contribution < 1.29 is 4.79 Å². The van der Waals surface area contributed by atoms with Crippen molar-refractivity contribution >= 4 is 37.8 Å². The number of hydrazine groups is 1. The summed E-state index contributed by atoms with van der Waals surface area (Å²) in [6.07, 6.45) is 0. The molecule has 98 valence electrons. The lowest BCUT2D eigenvalue weighted by Crippen LogP contribution is -2.52. The van der Waals surface area contributed by atoms with Crippen LogP contribution in [0.15, 0.2) is 27.1 Å². The van der Waals surface area contributed by atoms with Crippen LogP contribution in [-0.4, -0.2) is 49.0 Å². The Morgan fingerprint density at radius 1 is 1.22 bits per heavy atom. The molecule has 18 heavy (non-hydrogen) atoms. The molecule has 0 atom stereocenters. The first-order chi connectivity index (χ1) is 8.56. The lowest BCUT2D eigenvalue weighted by molar-refractivity contribution is 0.0661. The molecule has 1 aliphatic heterocycles. The SMILES string of the molecule is CN1CCN(NC(=O)c2cc(Br)ccc2Br)CC1. The number of hydrogen-bond acceptors (Lipinski definition) is 3. The summed E-state index contributed by atoms with van der Waals surface area (Å²) in [7, 11) is 2.09. The first-order valence-corrected chi connectivity index (χ1v) is 7.34. The van der Waals surface area contributed by atoms with Gasteiger partial charge in [0.2, 0.25) is 0 Å². The van der Waals surface area contributed by atoms with Crippen LogP contribution < -0.4 is 5.43 Å². The molecular weight excluding hydrogens is 362 g/mol. The molecule has 1 fully saturated rings. The van der Waals surface area contributed by atoms with E-state index in [1.165, 1.54) is 0 Å². The molecule has 0 spiro atoms. The van der Waals surface area contributed by atoms with Gasteiger partial charge in [-0.2, -0.15) is 0 Å². The zero-order valence-corrected chi connectivity index (χ0v) is 13.3. The monoisotopic (exact) mass is 375 g/mol. The molecule has 1 N–H and O–H groups in total. The maximum absolute atomic E-state index is 12.2. The first kappa shape index (κ1) is 14.0. The van der Waals surface area contributed by atoms with Gasteiger partial charge in [0.05, 0.1) is 5.56 Å². The molecule has 6 heteroatoms. The van der Waals surface area contributed by atoms with Crippen molar-refractivity contribution in [3.8, 4) is 0 Å². The molecule has 0 radical (unpaired) electrons. The van der Waals surface area contributed by atoms with Crippen LogP contribution >= 0.6 is 31.9 Å². The average molecular weight is 377 g/mol. The van der Waals surface area contributed by atoms with Gasteiger partial charge in [-0.1, -0.05) is 15.9 Å². The number of likely N-dealkylation sites (N-methyl/N-ethyl adjacent to an activating group) is 1. The molecule has 0 saturated carbocycles. The highest BCUT2D eigenvalue weighted by molar-refractivity contribution is 9.11. The number of piperazine rings is 1. The minimum absolute atomic E-state index is 0.0762. The third-order valence-corrected chi connectivity index (χ3v) is 4.12. The molecular formula is C12H15Br2N3O. The molecule has 1 heterocycles. The van der Waals surface area contributed by atoms with E-state index in [1.54, 1.807) is 0 Å². The van der Waals surface area contributed by atoms with E-state index in [0.29, 0.717) is 5.56 Å². The van der Waals surface area contributed by atoms with Crippen molar-refractivity contribution in [1.82, 2.24) is 15.3 Å². The maximum Gasteiger partial charge on any atom is 0.266 e. The molecule has 0 aliphatic carbocycles. The number of benzene rings is 1. The Balaban J connectivity index is 2.01. The number of nitrogens with one attached hydrogen (secondary N) is 1. The van der Waals surface area contributed by atoms with Gasteiger partial charge in [0, 0.05) is 35.1 Å². The summed E-state index contributed by atoms with van der Waals surface area (Å²) in [6, 6.07) is 5.58. The molecule has 1 aromatic carbocycles. The minimum Gasteiger partial charge on any atom is -0.304 e. The van der Waals surface area contributed by atoms with Crippen molar-refractivity contribution in [2.45, 2.75) is 0 Å². The second kappa shape index (κ2) is 6.14. The van der Waals surface area contributed by atoms with Crippen molar-refractivity contribution in [1.29, 1.82) is 0 Å². The Labute approximate surface area is 124 Å². The summed E-state index contributed by atoms with van der Waals surface area (Å²) < 4.78 is 1.70. The van der Waals surface area contributed by atoms with Crippen LogP contribution in [0.4, 0.5) is 0 Å². The fraction of sp³-hybridized carbons (Fsp3) is 0.417. The maximum atomic E-state index is 12.2. The summed E-state index contributed by atoms with van der Waals surface area (Å²) in [5, 5.41) is 1.97. The quantitative estimate of drug-likeness (QED) is 0.858. The van der Waals surface area contributed by atoms with Crippen LogP contribution in [0, 0.1) is 0 Å². The molecule has 1 aliphatic rings. The Morgan fingerprint density at radius 3 is 2.56 bits per heavy atom. The van der Waals surface area contributed by atoms with Gasteiger partial charge in [0.1, 0.15) is 0 Å². The number of amides is 1. The molecule has 0 unspecified atom stereocenters. The van der Waals surface area contributed by atoms with Crippen molar-refractivity contribution in [3.63, 3.8) is 0 Å². The fourth-order valence-corrected chi connectivity index (χ4v) is 2.58. The molecule has 2 rings (SSSR count). The largest absolute Gasteiger partial charge is 0.304 e. The van der Waals surface area contributed by atoms with E-state index in [0.717, 1.165) is 35.1 Å². The highest BCUT2D eigenvalue weighted by atomic mass is 79.9. The van der Waals surface area contributed by atoms with Crippen molar-refractivity contribution in [3.05, 3.63) is 32.7 Å². The zero-order valence-electron chi connectivity index (χ0n) is 10.1. The van der Waals surface area contributed by atoms with E-state index in [2.05, 4.69) is 49.2 Å². The number of carbonyl (C=O) groups excluding carboxylic acids is 1. The highest BCUT2D eigenvalue weighted by Crippen LogP contribution is 2.21. The lowest BCUT2D eigenvalue weighted by Gasteiger charge is -2.32. The summed E-state index contributed by atoms with van der Waals surface area (Å²) in [4.78, 5) is 14.4. The molecule has 0 bridgehead atoms. The molecule has 0 aromatic heterocycles. The number of rotatable bonds is 2. The van der Waals surface area contributed by atoms with E-state index in [4.69, 9.17) is 0 Å². The Hall–Kier alpha value is -0.430. The topological polar surface area (TPSA) is 35.6 Å². The normalized spacial score (nSPS) is 17.7. The minimum atomic E-state index is -0.0762. The van der Waals surface area contributed by atoms with Crippen LogP contribution in [0.3, 0.4) is 0 Å². The summed E-state index contributed by atoms with van der Waals surface area (Å²) in [6.45, 7) is 3.65. The van der Waals surface area contributed by atoms with Gasteiger partial charge in [-0.25, -0.2) is 5.01 Å².